The molecular formula is C17H19N3O3S. The van der Waals surface area contributed by atoms with Crippen molar-refractivity contribution in [3.8, 4) is 0 Å². The van der Waals surface area contributed by atoms with E-state index in [4.69, 9.17) is 5.11 Å². The number of benzene rings is 1. The van der Waals surface area contributed by atoms with Crippen LogP contribution in [0.4, 0.5) is 5.13 Å². The van der Waals surface area contributed by atoms with E-state index in [2.05, 4.69) is 27.6 Å². The third-order valence-corrected chi connectivity index (χ3v) is 5.44. The maximum atomic E-state index is 12.3. The van der Waals surface area contributed by atoms with Crippen molar-refractivity contribution in [3.63, 3.8) is 0 Å². The second-order valence-corrected chi connectivity index (χ2v) is 7.65. The lowest BCUT2D eigenvalue weighted by molar-refractivity contribution is -0.140. The number of carboxylic acid groups (broad SMARTS) is 1. The molecule has 0 radical (unpaired) electrons. The van der Waals surface area contributed by atoms with E-state index in [1.54, 1.807) is 13.8 Å². The Bertz CT molecular complexity index is 757. The molecule has 0 bridgehead atoms. The highest BCUT2D eigenvalue weighted by Gasteiger charge is 2.66. The van der Waals surface area contributed by atoms with Crippen LogP contribution in [0.15, 0.2) is 30.3 Å². The van der Waals surface area contributed by atoms with E-state index < -0.39 is 23.2 Å². The number of amides is 1. The predicted molar refractivity (Wildman–Crippen MR) is 90.8 cm³/mol. The lowest BCUT2D eigenvalue weighted by Gasteiger charge is -2.01. The van der Waals surface area contributed by atoms with Crippen molar-refractivity contribution in [2.75, 3.05) is 5.32 Å². The van der Waals surface area contributed by atoms with Crippen molar-refractivity contribution >= 4 is 28.3 Å². The van der Waals surface area contributed by atoms with E-state index in [9.17, 15) is 9.59 Å². The Labute approximate surface area is 143 Å². The summed E-state index contributed by atoms with van der Waals surface area (Å²) in [5.74, 6) is -2.38. The van der Waals surface area contributed by atoms with Crippen LogP contribution in [0.2, 0.25) is 0 Å². The average Bonchev–Trinajstić information content (AvgIpc) is 2.89. The maximum absolute atomic E-state index is 12.3. The van der Waals surface area contributed by atoms with Gasteiger partial charge in [-0.25, -0.2) is 0 Å². The first-order valence-electron chi connectivity index (χ1n) is 7.79. The minimum absolute atomic E-state index is 0.293. The molecule has 1 fully saturated rings. The summed E-state index contributed by atoms with van der Waals surface area (Å²) in [4.78, 5) is 23.4. The molecule has 126 valence electrons. The molecule has 1 saturated carbocycles. The lowest BCUT2D eigenvalue weighted by Crippen LogP contribution is -2.17. The number of aryl methyl sites for hydroxylation is 2. The first-order valence-corrected chi connectivity index (χ1v) is 8.61. The van der Waals surface area contributed by atoms with Crippen LogP contribution < -0.4 is 5.32 Å². The van der Waals surface area contributed by atoms with Gasteiger partial charge in [-0.2, -0.15) is 0 Å². The van der Waals surface area contributed by atoms with E-state index in [-0.39, 0.29) is 5.91 Å². The van der Waals surface area contributed by atoms with Crippen molar-refractivity contribution < 1.29 is 14.7 Å². The van der Waals surface area contributed by atoms with Gasteiger partial charge in [0.25, 0.3) is 0 Å². The number of aliphatic carboxylic acids is 1. The molecule has 2 atom stereocenters. The number of carboxylic acids is 1. The van der Waals surface area contributed by atoms with Gasteiger partial charge in [0, 0.05) is 6.42 Å². The van der Waals surface area contributed by atoms with E-state index in [0.717, 1.165) is 17.8 Å². The van der Waals surface area contributed by atoms with Crippen LogP contribution in [-0.2, 0) is 22.4 Å². The summed E-state index contributed by atoms with van der Waals surface area (Å²) >= 11 is 1.33. The Balaban J connectivity index is 1.57. The minimum atomic E-state index is -0.930. The first-order chi connectivity index (χ1) is 11.4. The van der Waals surface area contributed by atoms with Crippen molar-refractivity contribution in [3.05, 3.63) is 40.9 Å². The molecule has 1 amide bonds. The van der Waals surface area contributed by atoms with E-state index in [0.29, 0.717) is 5.13 Å². The zero-order valence-corrected chi connectivity index (χ0v) is 14.3. The van der Waals surface area contributed by atoms with Crippen LogP contribution >= 0.6 is 11.3 Å². The molecule has 24 heavy (non-hydrogen) atoms. The van der Waals surface area contributed by atoms with Crippen LogP contribution in [-0.4, -0.2) is 27.2 Å². The SMILES string of the molecule is CC1(C)C(C(=O)O)C1C(=O)Nc1nnc(CCc2ccccc2)s1. The Morgan fingerprint density at radius 3 is 2.50 bits per heavy atom. The fraction of sp³-hybridized carbons (Fsp3) is 0.412. The predicted octanol–water partition coefficient (Wildman–Crippen LogP) is 2.62. The summed E-state index contributed by atoms with van der Waals surface area (Å²) in [5.41, 5.74) is 0.707. The topological polar surface area (TPSA) is 92.2 Å². The van der Waals surface area contributed by atoms with Gasteiger partial charge in [0.1, 0.15) is 5.01 Å². The van der Waals surface area contributed by atoms with Gasteiger partial charge in [0.15, 0.2) is 0 Å². The molecule has 1 aliphatic rings. The third kappa shape index (κ3) is 3.31. The molecular weight excluding hydrogens is 326 g/mol. The molecule has 6 nitrogen and oxygen atoms in total. The number of nitrogens with zero attached hydrogens (tertiary/aromatic N) is 2. The largest absolute Gasteiger partial charge is 0.481 e. The van der Waals surface area contributed by atoms with Gasteiger partial charge in [0.05, 0.1) is 11.8 Å². The molecule has 3 rings (SSSR count). The lowest BCUT2D eigenvalue weighted by atomic mass is 10.1. The zero-order chi connectivity index (χ0) is 17.3. The Morgan fingerprint density at radius 2 is 1.88 bits per heavy atom. The molecule has 2 unspecified atom stereocenters. The van der Waals surface area contributed by atoms with Crippen LogP contribution in [0.3, 0.4) is 0 Å². The summed E-state index contributed by atoms with van der Waals surface area (Å²) < 4.78 is 0. The van der Waals surface area contributed by atoms with Crippen molar-refractivity contribution in [2.45, 2.75) is 26.7 Å². The van der Waals surface area contributed by atoms with Gasteiger partial charge in [-0.3, -0.25) is 9.59 Å². The Morgan fingerprint density at radius 1 is 1.17 bits per heavy atom. The second kappa shape index (κ2) is 6.32. The fourth-order valence-corrected chi connectivity index (χ4v) is 3.81. The highest BCUT2D eigenvalue weighted by molar-refractivity contribution is 7.15. The second-order valence-electron chi connectivity index (χ2n) is 6.59. The number of aromatic nitrogens is 2. The van der Waals surface area contributed by atoms with E-state index in [1.165, 1.54) is 16.9 Å². The van der Waals surface area contributed by atoms with Crippen molar-refractivity contribution in [1.29, 1.82) is 0 Å². The Kier molecular flexibility index (Phi) is 4.36. The van der Waals surface area contributed by atoms with Gasteiger partial charge < -0.3 is 10.4 Å². The van der Waals surface area contributed by atoms with Crippen LogP contribution in [0.1, 0.15) is 24.4 Å². The molecule has 2 aromatic rings. The van der Waals surface area contributed by atoms with E-state index >= 15 is 0 Å². The summed E-state index contributed by atoms with van der Waals surface area (Å²) in [7, 11) is 0. The standard InChI is InChI=1S/C17H19N3O3S/c1-17(2)12(13(17)15(22)23)14(21)18-16-20-19-11(24-16)9-8-10-6-4-3-5-7-10/h3-7,12-13H,8-9H2,1-2H3,(H,22,23)(H,18,20,21). The average molecular weight is 345 g/mol. The number of nitrogens with one attached hydrogen (secondary N) is 1. The molecule has 0 saturated heterocycles. The molecule has 1 aromatic heterocycles. The first kappa shape index (κ1) is 16.6. The molecule has 2 N–H and O–H groups in total. The summed E-state index contributed by atoms with van der Waals surface area (Å²) in [6.07, 6.45) is 1.62. The summed E-state index contributed by atoms with van der Waals surface area (Å²) in [6, 6.07) is 10.1. The molecule has 7 heteroatoms. The molecule has 0 spiro atoms. The van der Waals surface area contributed by atoms with Gasteiger partial charge in [0.2, 0.25) is 11.0 Å². The van der Waals surface area contributed by atoms with Crippen LogP contribution in [0.5, 0.6) is 0 Å². The molecule has 1 aliphatic carbocycles. The number of anilines is 1. The number of hydrogen-bond acceptors (Lipinski definition) is 5. The molecule has 0 aliphatic heterocycles. The summed E-state index contributed by atoms with van der Waals surface area (Å²) in [6.45, 7) is 3.59. The number of carbonyl (C=O) groups is 2. The van der Waals surface area contributed by atoms with Gasteiger partial charge in [-0.15, -0.1) is 10.2 Å². The van der Waals surface area contributed by atoms with Crippen LogP contribution in [0.25, 0.3) is 0 Å². The van der Waals surface area contributed by atoms with Crippen molar-refractivity contribution in [1.82, 2.24) is 10.2 Å². The fourth-order valence-electron chi connectivity index (χ4n) is 3.07. The molecule has 1 aromatic carbocycles. The summed E-state index contributed by atoms with van der Waals surface area (Å²) in [5, 5.41) is 21.2. The highest BCUT2D eigenvalue weighted by atomic mass is 32.1. The van der Waals surface area contributed by atoms with Crippen LogP contribution in [0, 0.1) is 17.3 Å². The molecule has 1 heterocycles. The van der Waals surface area contributed by atoms with E-state index in [1.807, 2.05) is 18.2 Å². The number of hydrogen-bond donors (Lipinski definition) is 2. The van der Waals surface area contributed by atoms with Gasteiger partial charge in [-0.1, -0.05) is 55.5 Å². The monoisotopic (exact) mass is 345 g/mol. The minimum Gasteiger partial charge on any atom is -0.481 e. The van der Waals surface area contributed by atoms with Gasteiger partial charge >= 0.3 is 5.97 Å². The third-order valence-electron chi connectivity index (χ3n) is 4.54. The number of rotatable bonds is 6. The Hall–Kier alpha value is -2.28. The zero-order valence-electron chi connectivity index (χ0n) is 13.5. The highest BCUT2D eigenvalue weighted by Crippen LogP contribution is 2.58. The van der Waals surface area contributed by atoms with Gasteiger partial charge in [-0.05, 0) is 17.4 Å². The number of carbonyl (C=O) groups excluding carboxylic acids is 1. The maximum Gasteiger partial charge on any atom is 0.307 e. The smallest absolute Gasteiger partial charge is 0.307 e. The normalized spacial score (nSPS) is 21.2. The quantitative estimate of drug-likeness (QED) is 0.839. The van der Waals surface area contributed by atoms with Crippen molar-refractivity contribution in [2.24, 2.45) is 17.3 Å².